The highest BCUT2D eigenvalue weighted by Gasteiger charge is 2.17. The fourth-order valence-electron chi connectivity index (χ4n) is 3.63. The van der Waals surface area contributed by atoms with Gasteiger partial charge >= 0.3 is 0 Å². The lowest BCUT2D eigenvalue weighted by Gasteiger charge is -2.30. The molecule has 0 spiro atoms. The number of hydrogen-bond acceptors (Lipinski definition) is 5. The lowest BCUT2D eigenvalue weighted by atomic mass is 10.0. The average Bonchev–Trinajstić information content (AvgIpc) is 2.71. The van der Waals surface area contributed by atoms with Gasteiger partial charge in [-0.1, -0.05) is 6.07 Å². The van der Waals surface area contributed by atoms with Crippen molar-refractivity contribution in [1.82, 2.24) is 14.9 Å². The summed E-state index contributed by atoms with van der Waals surface area (Å²) in [7, 11) is 0. The Morgan fingerprint density at radius 1 is 1.13 bits per heavy atom. The number of nitrogens with one attached hydrogen (secondary N) is 1. The Morgan fingerprint density at radius 3 is 2.58 bits per heavy atom. The summed E-state index contributed by atoms with van der Waals surface area (Å²) in [6.45, 7) is 7.53. The first-order chi connectivity index (χ1) is 15.0. The summed E-state index contributed by atoms with van der Waals surface area (Å²) in [6, 6.07) is 11.1. The zero-order valence-electron chi connectivity index (χ0n) is 17.7. The molecule has 2 aromatic carbocycles. The van der Waals surface area contributed by atoms with Crippen molar-refractivity contribution < 1.29 is 13.9 Å². The Balaban J connectivity index is 1.62. The van der Waals surface area contributed by atoms with E-state index in [1.807, 2.05) is 26.0 Å². The van der Waals surface area contributed by atoms with Crippen molar-refractivity contribution >= 4 is 11.6 Å². The van der Waals surface area contributed by atoms with E-state index in [9.17, 15) is 9.18 Å². The molecule has 1 aliphatic heterocycles. The van der Waals surface area contributed by atoms with E-state index in [1.165, 1.54) is 30.9 Å². The summed E-state index contributed by atoms with van der Waals surface area (Å²) in [6.07, 6.45) is 2.78. The standard InChI is InChI=1S/C24H25FN4O2/c1-16-23(17(2)27-15-26-16)21-14-20(28-24(30)18-5-3-6-19(25)13-18)7-8-22(21)31-12-11-29-9-4-10-29/h3,5-8,13-15H,4,9-12H2,1-2H3,(H,28,30). The van der Waals surface area contributed by atoms with Gasteiger partial charge in [-0.15, -0.1) is 0 Å². The first kappa shape index (κ1) is 20.9. The van der Waals surface area contributed by atoms with Crippen LogP contribution in [-0.2, 0) is 0 Å². The molecule has 0 unspecified atom stereocenters. The Labute approximate surface area is 181 Å². The van der Waals surface area contributed by atoms with Gasteiger partial charge in [0.15, 0.2) is 0 Å². The van der Waals surface area contributed by atoms with Crippen LogP contribution in [0.3, 0.4) is 0 Å². The Morgan fingerprint density at radius 2 is 1.90 bits per heavy atom. The van der Waals surface area contributed by atoms with Crippen molar-refractivity contribution in [3.63, 3.8) is 0 Å². The van der Waals surface area contributed by atoms with Crippen molar-refractivity contribution in [1.29, 1.82) is 0 Å². The van der Waals surface area contributed by atoms with E-state index in [0.29, 0.717) is 18.0 Å². The fraction of sp³-hybridized carbons (Fsp3) is 0.292. The van der Waals surface area contributed by atoms with Crippen LogP contribution in [0.2, 0.25) is 0 Å². The number of rotatable bonds is 7. The van der Waals surface area contributed by atoms with Crippen molar-refractivity contribution in [2.75, 3.05) is 31.6 Å². The maximum Gasteiger partial charge on any atom is 0.255 e. The van der Waals surface area contributed by atoms with Crippen LogP contribution in [0.15, 0.2) is 48.8 Å². The predicted octanol–water partition coefficient (Wildman–Crippen LogP) is 4.24. The van der Waals surface area contributed by atoms with Gasteiger partial charge < -0.3 is 10.1 Å². The number of amides is 1. The Hall–Kier alpha value is -3.32. The highest BCUT2D eigenvalue weighted by molar-refractivity contribution is 6.04. The highest BCUT2D eigenvalue weighted by atomic mass is 19.1. The van der Waals surface area contributed by atoms with Crippen LogP contribution in [0.4, 0.5) is 10.1 Å². The third-order valence-electron chi connectivity index (χ3n) is 5.43. The predicted molar refractivity (Wildman–Crippen MR) is 118 cm³/mol. The molecule has 4 rings (SSSR count). The number of benzene rings is 2. The van der Waals surface area contributed by atoms with Gasteiger partial charge in [0, 0.05) is 40.3 Å². The second kappa shape index (κ2) is 9.22. The lowest BCUT2D eigenvalue weighted by Crippen LogP contribution is -2.39. The van der Waals surface area contributed by atoms with E-state index >= 15 is 0 Å². The number of halogens is 1. The zero-order valence-corrected chi connectivity index (χ0v) is 17.7. The third-order valence-corrected chi connectivity index (χ3v) is 5.43. The molecule has 0 radical (unpaired) electrons. The normalized spacial score (nSPS) is 13.5. The van der Waals surface area contributed by atoms with Crippen molar-refractivity contribution in [2.45, 2.75) is 20.3 Å². The molecule has 0 saturated carbocycles. The molecule has 1 amide bonds. The van der Waals surface area contributed by atoms with Crippen molar-refractivity contribution in [2.24, 2.45) is 0 Å². The third kappa shape index (κ3) is 4.88. The number of carbonyl (C=O) groups is 1. The monoisotopic (exact) mass is 420 g/mol. The Bertz CT molecular complexity index is 1080. The SMILES string of the molecule is Cc1ncnc(C)c1-c1cc(NC(=O)c2cccc(F)c2)ccc1OCCN1CCC1. The first-order valence-corrected chi connectivity index (χ1v) is 10.4. The summed E-state index contributed by atoms with van der Waals surface area (Å²) in [4.78, 5) is 23.6. The molecule has 1 aromatic heterocycles. The number of likely N-dealkylation sites (tertiary alicyclic amines) is 1. The van der Waals surface area contributed by atoms with E-state index in [0.717, 1.165) is 42.1 Å². The topological polar surface area (TPSA) is 67.3 Å². The molecular formula is C24H25FN4O2. The summed E-state index contributed by atoms with van der Waals surface area (Å²) in [5.74, 6) is -0.119. The van der Waals surface area contributed by atoms with E-state index in [1.54, 1.807) is 12.1 Å². The van der Waals surface area contributed by atoms with Crippen LogP contribution in [0.5, 0.6) is 5.75 Å². The van der Waals surface area contributed by atoms with Gasteiger partial charge in [0.2, 0.25) is 0 Å². The molecule has 31 heavy (non-hydrogen) atoms. The maximum absolute atomic E-state index is 13.5. The summed E-state index contributed by atoms with van der Waals surface area (Å²) < 4.78 is 19.6. The first-order valence-electron chi connectivity index (χ1n) is 10.4. The van der Waals surface area contributed by atoms with E-state index < -0.39 is 5.82 Å². The van der Waals surface area contributed by atoms with Crippen molar-refractivity contribution in [3.05, 3.63) is 71.6 Å². The van der Waals surface area contributed by atoms with Gasteiger partial charge in [0.25, 0.3) is 5.91 Å². The van der Waals surface area contributed by atoms with Crippen LogP contribution >= 0.6 is 0 Å². The summed E-state index contributed by atoms with van der Waals surface area (Å²) in [5.41, 5.74) is 4.19. The quantitative estimate of drug-likeness (QED) is 0.619. The molecule has 2 heterocycles. The van der Waals surface area contributed by atoms with Gasteiger partial charge in [-0.2, -0.15) is 0 Å². The summed E-state index contributed by atoms with van der Waals surface area (Å²) in [5, 5.41) is 2.84. The van der Waals surface area contributed by atoms with Crippen molar-refractivity contribution in [3.8, 4) is 16.9 Å². The number of hydrogen-bond donors (Lipinski definition) is 1. The van der Waals surface area contributed by atoms with E-state index in [-0.39, 0.29) is 11.5 Å². The Kier molecular flexibility index (Phi) is 6.23. The zero-order chi connectivity index (χ0) is 21.8. The molecule has 1 fully saturated rings. The fourth-order valence-corrected chi connectivity index (χ4v) is 3.63. The molecule has 6 nitrogen and oxygen atoms in total. The number of aryl methyl sites for hydroxylation is 2. The molecule has 1 N–H and O–H groups in total. The number of ether oxygens (including phenoxy) is 1. The van der Waals surface area contributed by atoms with Crippen LogP contribution in [0, 0.1) is 19.7 Å². The lowest BCUT2D eigenvalue weighted by molar-refractivity contribution is 0.102. The number of carbonyl (C=O) groups excluding carboxylic acids is 1. The second-order valence-corrected chi connectivity index (χ2v) is 7.64. The van der Waals surface area contributed by atoms with Crippen LogP contribution < -0.4 is 10.1 Å². The molecule has 0 bridgehead atoms. The molecule has 0 atom stereocenters. The molecule has 1 saturated heterocycles. The molecule has 0 aliphatic carbocycles. The maximum atomic E-state index is 13.5. The van der Waals surface area contributed by atoms with Crippen LogP contribution in [0.1, 0.15) is 28.2 Å². The number of aromatic nitrogens is 2. The van der Waals surface area contributed by atoms with Crippen LogP contribution in [-0.4, -0.2) is 47.0 Å². The number of nitrogens with zero attached hydrogens (tertiary/aromatic N) is 3. The molecule has 1 aliphatic rings. The molecular weight excluding hydrogens is 395 g/mol. The van der Waals surface area contributed by atoms with Gasteiger partial charge in [-0.25, -0.2) is 14.4 Å². The summed E-state index contributed by atoms with van der Waals surface area (Å²) >= 11 is 0. The molecule has 7 heteroatoms. The average molecular weight is 420 g/mol. The smallest absolute Gasteiger partial charge is 0.255 e. The van der Waals surface area contributed by atoms with Gasteiger partial charge in [0.1, 0.15) is 24.5 Å². The molecule has 160 valence electrons. The van der Waals surface area contributed by atoms with Gasteiger partial charge in [-0.3, -0.25) is 9.69 Å². The van der Waals surface area contributed by atoms with Crippen LogP contribution in [0.25, 0.3) is 11.1 Å². The largest absolute Gasteiger partial charge is 0.492 e. The second-order valence-electron chi connectivity index (χ2n) is 7.64. The minimum Gasteiger partial charge on any atom is -0.492 e. The highest BCUT2D eigenvalue weighted by Crippen LogP contribution is 2.35. The molecule has 3 aromatic rings. The van der Waals surface area contributed by atoms with E-state index in [2.05, 4.69) is 20.2 Å². The van der Waals surface area contributed by atoms with Gasteiger partial charge in [0.05, 0.1) is 0 Å². The number of anilines is 1. The minimum atomic E-state index is -0.452. The van der Waals surface area contributed by atoms with E-state index in [4.69, 9.17) is 4.74 Å². The minimum absolute atomic E-state index is 0.256. The van der Waals surface area contributed by atoms with Gasteiger partial charge in [-0.05, 0) is 69.8 Å².